The molecule has 0 aliphatic heterocycles. The third-order valence-corrected chi connectivity index (χ3v) is 2.70. The van der Waals surface area contributed by atoms with Crippen molar-refractivity contribution in [3.05, 3.63) is 58.5 Å². The Kier molecular flexibility index (Phi) is 2.21. The maximum Gasteiger partial charge on any atom is 0.291 e. The van der Waals surface area contributed by atoms with Crippen molar-refractivity contribution >= 4 is 5.65 Å². The van der Waals surface area contributed by atoms with Crippen molar-refractivity contribution in [2.75, 3.05) is 0 Å². The van der Waals surface area contributed by atoms with Crippen LogP contribution in [-0.2, 0) is 0 Å². The van der Waals surface area contributed by atoms with Crippen LogP contribution < -0.4 is 5.56 Å². The smallest absolute Gasteiger partial charge is 0.291 e. The van der Waals surface area contributed by atoms with Crippen molar-refractivity contribution in [1.82, 2.24) is 14.6 Å². The molecule has 0 fully saturated rings. The van der Waals surface area contributed by atoms with E-state index in [0.29, 0.717) is 11.3 Å². The zero-order valence-corrected chi connectivity index (χ0v) is 9.29. The lowest BCUT2D eigenvalue weighted by Crippen LogP contribution is -2.19. The maximum absolute atomic E-state index is 12.1. The molecule has 5 heteroatoms. The average Bonchev–Trinajstić information content (AvgIpc) is 2.88. The number of aromatic amines is 1. The minimum atomic E-state index is -0.383. The number of nitrogens with zero attached hydrogens (tertiary/aromatic N) is 3. The fourth-order valence-electron chi connectivity index (χ4n) is 1.87. The number of nitriles is 1. The van der Waals surface area contributed by atoms with Gasteiger partial charge in [-0.25, -0.2) is 9.50 Å². The van der Waals surface area contributed by atoms with Crippen LogP contribution in [-0.4, -0.2) is 14.6 Å². The molecule has 3 rings (SSSR count). The summed E-state index contributed by atoms with van der Waals surface area (Å²) in [6, 6.07) is 12.8. The van der Waals surface area contributed by atoms with Gasteiger partial charge in [0.05, 0.1) is 5.69 Å². The maximum atomic E-state index is 12.1. The van der Waals surface area contributed by atoms with Crippen LogP contribution in [0, 0.1) is 11.3 Å². The van der Waals surface area contributed by atoms with Gasteiger partial charge in [0.1, 0.15) is 11.6 Å². The van der Waals surface area contributed by atoms with Gasteiger partial charge in [-0.3, -0.25) is 9.89 Å². The molecule has 0 unspecified atom stereocenters. The van der Waals surface area contributed by atoms with Crippen molar-refractivity contribution in [3.63, 3.8) is 0 Å². The molecule has 5 nitrogen and oxygen atoms in total. The van der Waals surface area contributed by atoms with E-state index in [0.717, 1.165) is 5.56 Å². The Balaban J connectivity index is 2.43. The molecule has 0 aliphatic carbocycles. The van der Waals surface area contributed by atoms with E-state index in [4.69, 9.17) is 5.26 Å². The summed E-state index contributed by atoms with van der Waals surface area (Å²) in [7, 11) is 0. The lowest BCUT2D eigenvalue weighted by molar-refractivity contribution is 0.895. The van der Waals surface area contributed by atoms with E-state index in [-0.39, 0.29) is 11.1 Å². The van der Waals surface area contributed by atoms with Crippen LogP contribution in [0.1, 0.15) is 5.56 Å². The first-order valence-electron chi connectivity index (χ1n) is 5.37. The second-order valence-corrected chi connectivity index (χ2v) is 3.77. The van der Waals surface area contributed by atoms with Crippen molar-refractivity contribution < 1.29 is 0 Å². The molecule has 0 amide bonds. The highest BCUT2D eigenvalue weighted by atomic mass is 16.1. The molecule has 0 bridgehead atoms. The van der Waals surface area contributed by atoms with E-state index in [9.17, 15) is 4.79 Å². The van der Waals surface area contributed by atoms with Crippen LogP contribution >= 0.6 is 0 Å². The number of hydrogen-bond acceptors (Lipinski definition) is 3. The number of aromatic nitrogens is 3. The number of H-pyrrole nitrogens is 1. The van der Waals surface area contributed by atoms with Crippen LogP contribution in [0.5, 0.6) is 0 Å². The summed E-state index contributed by atoms with van der Waals surface area (Å²) in [4.78, 5) is 16.4. The fourth-order valence-corrected chi connectivity index (χ4v) is 1.87. The SMILES string of the molecule is N#Cc1c(-c2ccccc2)nc2cc[nH]n2c1=O. The molecule has 1 N–H and O–H groups in total. The zero-order valence-electron chi connectivity index (χ0n) is 9.29. The first kappa shape index (κ1) is 10.3. The van der Waals surface area contributed by atoms with Crippen LogP contribution in [0.3, 0.4) is 0 Å². The van der Waals surface area contributed by atoms with Crippen molar-refractivity contribution in [3.8, 4) is 17.3 Å². The van der Waals surface area contributed by atoms with Gasteiger partial charge in [0.25, 0.3) is 5.56 Å². The van der Waals surface area contributed by atoms with E-state index in [1.54, 1.807) is 12.3 Å². The predicted octanol–water partition coefficient (Wildman–Crippen LogP) is 1.56. The largest absolute Gasteiger partial charge is 0.297 e. The molecule has 0 saturated carbocycles. The Hall–Kier alpha value is -2.87. The minimum absolute atomic E-state index is 0.0427. The number of fused-ring (bicyclic) bond motifs is 1. The molecule has 18 heavy (non-hydrogen) atoms. The Labute approximate surface area is 102 Å². The molecule has 3 aromatic rings. The standard InChI is InChI=1S/C13H8N4O/c14-8-10-12(9-4-2-1-3-5-9)16-11-6-7-15-17(11)13(10)18/h1-7,15H. The molecular formula is C13H8N4O. The predicted molar refractivity (Wildman–Crippen MR) is 66.0 cm³/mol. The van der Waals surface area contributed by atoms with Crippen LogP contribution in [0.4, 0.5) is 0 Å². The van der Waals surface area contributed by atoms with E-state index in [2.05, 4.69) is 10.1 Å². The van der Waals surface area contributed by atoms with Crippen LogP contribution in [0.2, 0.25) is 0 Å². The monoisotopic (exact) mass is 236 g/mol. The summed E-state index contributed by atoms with van der Waals surface area (Å²) in [6.07, 6.45) is 1.61. The summed E-state index contributed by atoms with van der Waals surface area (Å²) in [6.45, 7) is 0. The van der Waals surface area contributed by atoms with E-state index in [1.807, 2.05) is 36.4 Å². The summed E-state index contributed by atoms with van der Waals surface area (Å²) >= 11 is 0. The molecule has 2 heterocycles. The Bertz CT molecular complexity index is 808. The van der Waals surface area contributed by atoms with Gasteiger partial charge in [-0.2, -0.15) is 5.26 Å². The molecule has 1 aromatic carbocycles. The first-order chi connectivity index (χ1) is 8.81. The van der Waals surface area contributed by atoms with Crippen molar-refractivity contribution in [2.45, 2.75) is 0 Å². The van der Waals surface area contributed by atoms with Crippen molar-refractivity contribution in [1.29, 1.82) is 5.26 Å². The molecule has 2 aromatic heterocycles. The quantitative estimate of drug-likeness (QED) is 0.696. The molecule has 0 spiro atoms. The second-order valence-electron chi connectivity index (χ2n) is 3.77. The van der Waals surface area contributed by atoms with Crippen molar-refractivity contribution in [2.24, 2.45) is 0 Å². The Morgan fingerprint density at radius 2 is 2.00 bits per heavy atom. The van der Waals surface area contributed by atoms with Gasteiger partial charge in [-0.15, -0.1) is 0 Å². The molecular weight excluding hydrogens is 228 g/mol. The lowest BCUT2D eigenvalue weighted by Gasteiger charge is -2.03. The van der Waals surface area contributed by atoms with Gasteiger partial charge in [0, 0.05) is 17.8 Å². The molecule has 0 aliphatic rings. The highest BCUT2D eigenvalue weighted by molar-refractivity contribution is 5.68. The summed E-state index contributed by atoms with van der Waals surface area (Å²) in [5.41, 5.74) is 1.34. The number of nitrogens with one attached hydrogen (secondary N) is 1. The second kappa shape index (κ2) is 3.86. The Morgan fingerprint density at radius 1 is 1.22 bits per heavy atom. The van der Waals surface area contributed by atoms with Gasteiger partial charge in [0.15, 0.2) is 5.65 Å². The van der Waals surface area contributed by atoms with Gasteiger partial charge >= 0.3 is 0 Å². The van der Waals surface area contributed by atoms with Crippen LogP contribution in [0.25, 0.3) is 16.9 Å². The normalized spacial score (nSPS) is 10.4. The van der Waals surface area contributed by atoms with E-state index in [1.165, 1.54) is 4.52 Å². The molecule has 0 atom stereocenters. The summed E-state index contributed by atoms with van der Waals surface area (Å²) in [5.74, 6) is 0. The topological polar surface area (TPSA) is 73.9 Å². The lowest BCUT2D eigenvalue weighted by atomic mass is 10.1. The zero-order chi connectivity index (χ0) is 12.5. The summed E-state index contributed by atoms with van der Waals surface area (Å²) < 4.78 is 1.25. The van der Waals surface area contributed by atoms with Gasteiger partial charge in [-0.05, 0) is 0 Å². The van der Waals surface area contributed by atoms with Crippen LogP contribution in [0.15, 0.2) is 47.4 Å². The van der Waals surface area contributed by atoms with E-state index >= 15 is 0 Å². The number of rotatable bonds is 1. The highest BCUT2D eigenvalue weighted by Crippen LogP contribution is 2.18. The van der Waals surface area contributed by atoms with Gasteiger partial charge < -0.3 is 0 Å². The van der Waals surface area contributed by atoms with Gasteiger partial charge in [-0.1, -0.05) is 30.3 Å². The molecule has 0 saturated heterocycles. The number of hydrogen-bond donors (Lipinski definition) is 1. The molecule has 0 radical (unpaired) electrons. The number of benzene rings is 1. The minimum Gasteiger partial charge on any atom is -0.297 e. The first-order valence-corrected chi connectivity index (χ1v) is 5.37. The third-order valence-electron chi connectivity index (χ3n) is 2.70. The molecule has 86 valence electrons. The third kappa shape index (κ3) is 1.40. The Morgan fingerprint density at radius 3 is 2.72 bits per heavy atom. The van der Waals surface area contributed by atoms with E-state index < -0.39 is 0 Å². The highest BCUT2D eigenvalue weighted by Gasteiger charge is 2.14. The summed E-state index contributed by atoms with van der Waals surface area (Å²) in [5, 5.41) is 11.9. The van der Waals surface area contributed by atoms with Gasteiger partial charge in [0.2, 0.25) is 0 Å². The average molecular weight is 236 g/mol. The fraction of sp³-hybridized carbons (Fsp3) is 0.